The standard InChI is InChI=1S/C37H38Cl2FN5O5/c1-43-16-14-28-27(19-43)41-35(44(28)2)36(46)42-26-10-5-9-24(31(26)39)21-7-4-8-23-22(21)12-13-30(23)50-34-25(38)17-20(33(49-3)32(34)40)18-45-15-6-11-29(45)37(47)48/h4-5,7-10,17,29-30H,6,11-16,18-19H2,1-3H3,(H,42,46)(H,47,48)/t29-,30?/m0/s1. The van der Waals surface area contributed by atoms with Crippen molar-refractivity contribution in [3.63, 3.8) is 0 Å². The third-order valence-corrected chi connectivity index (χ3v) is 10.8. The van der Waals surface area contributed by atoms with Gasteiger partial charge in [-0.1, -0.05) is 53.5 Å². The smallest absolute Gasteiger partial charge is 0.320 e. The van der Waals surface area contributed by atoms with Gasteiger partial charge in [-0.25, -0.2) is 4.98 Å². The summed E-state index contributed by atoms with van der Waals surface area (Å²) in [5.41, 5.74) is 6.45. The van der Waals surface area contributed by atoms with E-state index in [2.05, 4.69) is 15.2 Å². The number of nitrogens with one attached hydrogen (secondary N) is 1. The molecule has 2 aliphatic heterocycles. The number of methoxy groups -OCH3 is 1. The first kappa shape index (κ1) is 34.3. The third kappa shape index (κ3) is 6.21. The molecule has 3 aliphatic rings. The van der Waals surface area contributed by atoms with Crippen molar-refractivity contribution in [2.45, 2.75) is 57.3 Å². The van der Waals surface area contributed by atoms with E-state index in [1.54, 1.807) is 17.0 Å². The number of likely N-dealkylation sites (tertiary alicyclic amines) is 1. The molecule has 1 amide bonds. The second-order valence-electron chi connectivity index (χ2n) is 13.2. The van der Waals surface area contributed by atoms with Crippen LogP contribution >= 0.6 is 23.2 Å². The number of halogens is 3. The second-order valence-corrected chi connectivity index (χ2v) is 14.0. The van der Waals surface area contributed by atoms with Crippen molar-refractivity contribution in [1.82, 2.24) is 19.4 Å². The summed E-state index contributed by atoms with van der Waals surface area (Å²) in [6.45, 7) is 2.38. The van der Waals surface area contributed by atoms with Crippen LogP contribution in [0.5, 0.6) is 11.5 Å². The van der Waals surface area contributed by atoms with E-state index >= 15 is 4.39 Å². The van der Waals surface area contributed by atoms with Gasteiger partial charge in [-0.05, 0) is 68.1 Å². The highest BCUT2D eigenvalue weighted by Gasteiger charge is 2.34. The van der Waals surface area contributed by atoms with Crippen molar-refractivity contribution >= 4 is 40.8 Å². The number of hydrogen-bond acceptors (Lipinski definition) is 7. The zero-order valence-electron chi connectivity index (χ0n) is 28.1. The highest BCUT2D eigenvalue weighted by atomic mass is 35.5. The molecule has 2 N–H and O–H groups in total. The van der Waals surface area contributed by atoms with Gasteiger partial charge in [-0.2, -0.15) is 4.39 Å². The van der Waals surface area contributed by atoms with Crippen LogP contribution in [0.1, 0.15) is 64.1 Å². The number of carboxylic acid groups (broad SMARTS) is 1. The SMILES string of the molecule is COc1c(CN2CCC[C@H]2C(=O)O)cc(Cl)c(OC2CCc3c(-c4cccc(NC(=O)c5nc6c(n5C)CCN(C)C6)c4Cl)cccc32)c1F. The lowest BCUT2D eigenvalue weighted by Crippen LogP contribution is -2.35. The number of carbonyl (C=O) groups excluding carboxylic acids is 1. The molecule has 0 bridgehead atoms. The molecule has 1 aliphatic carbocycles. The van der Waals surface area contributed by atoms with Crippen LogP contribution in [-0.4, -0.2) is 69.6 Å². The molecule has 1 saturated heterocycles. The Balaban J connectivity index is 1.13. The number of fused-ring (bicyclic) bond motifs is 2. The lowest BCUT2D eigenvalue weighted by Gasteiger charge is -2.24. The summed E-state index contributed by atoms with van der Waals surface area (Å²) in [6.07, 6.45) is 2.84. The molecule has 3 heterocycles. The number of nitrogens with zero attached hydrogens (tertiary/aromatic N) is 4. The monoisotopic (exact) mass is 721 g/mol. The largest absolute Gasteiger partial charge is 0.493 e. The number of likely N-dealkylation sites (N-methyl/N-ethyl adjacent to an activating group) is 1. The Kier molecular flexibility index (Phi) is 9.51. The quantitative estimate of drug-likeness (QED) is 0.192. The molecule has 4 aromatic rings. The maximum atomic E-state index is 16.0. The van der Waals surface area contributed by atoms with E-state index in [1.807, 2.05) is 49.0 Å². The fourth-order valence-electron chi connectivity index (χ4n) is 7.60. The van der Waals surface area contributed by atoms with Gasteiger partial charge in [0.15, 0.2) is 17.3 Å². The van der Waals surface area contributed by atoms with Crippen LogP contribution in [0.15, 0.2) is 42.5 Å². The lowest BCUT2D eigenvalue weighted by atomic mass is 9.96. The summed E-state index contributed by atoms with van der Waals surface area (Å²) in [7, 11) is 5.28. The van der Waals surface area contributed by atoms with Gasteiger partial charge in [-0.15, -0.1) is 0 Å². The molecule has 7 rings (SSSR count). The number of carboxylic acids is 1. The van der Waals surface area contributed by atoms with E-state index in [4.69, 9.17) is 32.7 Å². The van der Waals surface area contributed by atoms with E-state index < -0.39 is 23.9 Å². The van der Waals surface area contributed by atoms with Gasteiger partial charge in [0, 0.05) is 49.9 Å². The molecule has 1 unspecified atom stereocenters. The number of anilines is 1. The number of hydrogen-bond donors (Lipinski definition) is 2. The Labute approximate surface area is 299 Å². The predicted molar refractivity (Wildman–Crippen MR) is 189 cm³/mol. The van der Waals surface area contributed by atoms with Gasteiger partial charge in [0.05, 0.1) is 28.5 Å². The number of aromatic nitrogens is 2. The van der Waals surface area contributed by atoms with E-state index in [0.29, 0.717) is 54.4 Å². The predicted octanol–water partition coefficient (Wildman–Crippen LogP) is 6.90. The maximum absolute atomic E-state index is 16.0. The highest BCUT2D eigenvalue weighted by Crippen LogP contribution is 2.46. The van der Waals surface area contributed by atoms with Crippen LogP contribution in [-0.2, 0) is 37.8 Å². The third-order valence-electron chi connectivity index (χ3n) is 10.1. The summed E-state index contributed by atoms with van der Waals surface area (Å²) >= 11 is 13.6. The molecule has 50 heavy (non-hydrogen) atoms. The van der Waals surface area contributed by atoms with Crippen molar-refractivity contribution in [2.24, 2.45) is 7.05 Å². The fourth-order valence-corrected chi connectivity index (χ4v) is 8.14. The van der Waals surface area contributed by atoms with Crippen molar-refractivity contribution in [3.8, 4) is 22.6 Å². The first-order valence-electron chi connectivity index (χ1n) is 16.7. The molecular formula is C37H38Cl2FN5O5. The summed E-state index contributed by atoms with van der Waals surface area (Å²) in [6, 6.07) is 12.3. The molecule has 13 heteroatoms. The van der Waals surface area contributed by atoms with Gasteiger partial charge < -0.3 is 29.4 Å². The maximum Gasteiger partial charge on any atom is 0.320 e. The highest BCUT2D eigenvalue weighted by molar-refractivity contribution is 6.36. The normalized spacial score (nSPS) is 18.9. The molecule has 10 nitrogen and oxygen atoms in total. The number of aliphatic carboxylic acids is 1. The van der Waals surface area contributed by atoms with Crippen molar-refractivity contribution in [2.75, 3.05) is 32.6 Å². The van der Waals surface area contributed by atoms with Crippen LogP contribution in [0.2, 0.25) is 10.0 Å². The fraction of sp³-hybridized carbons (Fsp3) is 0.378. The topological polar surface area (TPSA) is 109 Å². The van der Waals surface area contributed by atoms with Gasteiger partial charge >= 0.3 is 5.97 Å². The van der Waals surface area contributed by atoms with Gasteiger partial charge in [0.2, 0.25) is 5.82 Å². The second kappa shape index (κ2) is 13.9. The van der Waals surface area contributed by atoms with Gasteiger partial charge in [0.25, 0.3) is 5.91 Å². The summed E-state index contributed by atoms with van der Waals surface area (Å²) in [5.74, 6) is -1.76. The van der Waals surface area contributed by atoms with E-state index in [1.165, 1.54) is 7.11 Å². The number of benzene rings is 3. The molecule has 0 saturated carbocycles. The molecular weight excluding hydrogens is 684 g/mol. The first-order valence-corrected chi connectivity index (χ1v) is 17.4. The van der Waals surface area contributed by atoms with Crippen molar-refractivity contribution in [3.05, 3.63) is 92.2 Å². The molecule has 0 radical (unpaired) electrons. The van der Waals surface area contributed by atoms with E-state index in [-0.39, 0.29) is 29.0 Å². The van der Waals surface area contributed by atoms with E-state index in [0.717, 1.165) is 53.0 Å². The average Bonchev–Trinajstić information content (AvgIpc) is 3.81. The molecule has 0 spiro atoms. The number of amides is 1. The van der Waals surface area contributed by atoms with Crippen LogP contribution in [0, 0.1) is 5.82 Å². The van der Waals surface area contributed by atoms with Crippen molar-refractivity contribution in [1.29, 1.82) is 0 Å². The van der Waals surface area contributed by atoms with Crippen LogP contribution in [0.25, 0.3) is 11.1 Å². The summed E-state index contributed by atoms with van der Waals surface area (Å²) in [5, 5.41) is 13.1. The minimum Gasteiger partial charge on any atom is -0.493 e. The average molecular weight is 723 g/mol. The molecule has 2 atom stereocenters. The van der Waals surface area contributed by atoms with Crippen LogP contribution < -0.4 is 14.8 Å². The number of imidazole rings is 1. The zero-order chi connectivity index (χ0) is 35.3. The lowest BCUT2D eigenvalue weighted by molar-refractivity contribution is -0.142. The Morgan fingerprint density at radius 1 is 1.06 bits per heavy atom. The minimum atomic E-state index is -0.902. The Morgan fingerprint density at radius 2 is 1.84 bits per heavy atom. The Morgan fingerprint density at radius 3 is 2.62 bits per heavy atom. The first-order chi connectivity index (χ1) is 24.0. The number of ether oxygens (including phenoxy) is 2. The molecule has 262 valence electrons. The zero-order valence-corrected chi connectivity index (χ0v) is 29.6. The Bertz CT molecular complexity index is 2000. The molecule has 1 fully saturated rings. The van der Waals surface area contributed by atoms with Crippen molar-refractivity contribution < 1.29 is 28.6 Å². The number of carbonyl (C=O) groups is 2. The number of rotatable bonds is 9. The summed E-state index contributed by atoms with van der Waals surface area (Å²) in [4.78, 5) is 33.8. The van der Waals surface area contributed by atoms with Gasteiger partial charge in [0.1, 0.15) is 12.1 Å². The van der Waals surface area contributed by atoms with Crippen LogP contribution in [0.3, 0.4) is 0 Å². The Hall–Kier alpha value is -4.16. The van der Waals surface area contributed by atoms with Gasteiger partial charge in [-0.3, -0.25) is 14.5 Å². The minimum absolute atomic E-state index is 0.0175. The van der Waals surface area contributed by atoms with Crippen LogP contribution in [0.4, 0.5) is 10.1 Å². The van der Waals surface area contributed by atoms with E-state index in [9.17, 15) is 14.7 Å². The molecule has 3 aromatic carbocycles. The molecule has 1 aromatic heterocycles. The summed E-state index contributed by atoms with van der Waals surface area (Å²) < 4.78 is 29.6.